The predicted molar refractivity (Wildman–Crippen MR) is 109 cm³/mol. The number of halogens is 3. The lowest BCUT2D eigenvalue weighted by Crippen LogP contribution is -2.50. The van der Waals surface area contributed by atoms with E-state index in [4.69, 9.17) is 0 Å². The average molecular weight is 469 g/mol. The Morgan fingerprint density at radius 2 is 1.53 bits per heavy atom. The Morgan fingerprint density at radius 1 is 0.969 bits per heavy atom. The molecule has 0 aromatic heterocycles. The van der Waals surface area contributed by atoms with Crippen molar-refractivity contribution in [1.29, 1.82) is 0 Å². The van der Waals surface area contributed by atoms with Crippen molar-refractivity contribution in [2.75, 3.05) is 26.2 Å². The molecule has 8 nitrogen and oxygen atoms in total. The number of rotatable bonds is 5. The Hall–Kier alpha value is -3.25. The van der Waals surface area contributed by atoms with Gasteiger partial charge < -0.3 is 4.90 Å². The molecule has 0 saturated carbocycles. The third-order valence-corrected chi connectivity index (χ3v) is 6.83. The molecule has 170 valence electrons. The van der Waals surface area contributed by atoms with Gasteiger partial charge in [-0.25, -0.2) is 8.42 Å². The Morgan fingerprint density at radius 3 is 2.09 bits per heavy atom. The van der Waals surface area contributed by atoms with Gasteiger partial charge in [-0.15, -0.1) is 0 Å². The molecule has 0 N–H and O–H groups in total. The van der Waals surface area contributed by atoms with Gasteiger partial charge in [-0.1, -0.05) is 42.5 Å². The number of nitrogens with zero attached hydrogens (tertiary/aromatic N) is 3. The van der Waals surface area contributed by atoms with Crippen LogP contribution in [0.15, 0.2) is 65.6 Å². The van der Waals surface area contributed by atoms with Gasteiger partial charge in [-0.3, -0.25) is 14.9 Å². The van der Waals surface area contributed by atoms with E-state index in [0.29, 0.717) is 6.08 Å². The number of sulfonamides is 1. The molecule has 0 unspecified atom stereocenters. The molecule has 32 heavy (non-hydrogen) atoms. The van der Waals surface area contributed by atoms with Gasteiger partial charge in [-0.05, 0) is 11.6 Å². The number of amides is 1. The summed E-state index contributed by atoms with van der Waals surface area (Å²) in [5, 5.41) is 11.2. The molecule has 2 aromatic carbocycles. The molecular weight excluding hydrogens is 451 g/mol. The van der Waals surface area contributed by atoms with E-state index in [9.17, 15) is 36.5 Å². The molecule has 0 spiro atoms. The highest BCUT2D eigenvalue weighted by Crippen LogP contribution is 2.34. The highest BCUT2D eigenvalue weighted by molar-refractivity contribution is 7.89. The number of alkyl halides is 3. The van der Waals surface area contributed by atoms with Crippen LogP contribution in [0, 0.1) is 10.1 Å². The van der Waals surface area contributed by atoms with Gasteiger partial charge in [-0.2, -0.15) is 17.5 Å². The van der Waals surface area contributed by atoms with Crippen LogP contribution in [0.25, 0.3) is 5.57 Å². The van der Waals surface area contributed by atoms with Crippen molar-refractivity contribution < 1.29 is 31.3 Å². The quantitative estimate of drug-likeness (QED) is 0.381. The number of nitro benzene ring substituents is 1. The second-order valence-corrected chi connectivity index (χ2v) is 8.78. The first kappa shape index (κ1) is 23.4. The van der Waals surface area contributed by atoms with Crippen LogP contribution >= 0.6 is 0 Å². The largest absolute Gasteiger partial charge is 0.417 e. The lowest BCUT2D eigenvalue weighted by Gasteiger charge is -2.33. The van der Waals surface area contributed by atoms with E-state index >= 15 is 0 Å². The van der Waals surface area contributed by atoms with Crippen molar-refractivity contribution in [3.8, 4) is 0 Å². The van der Waals surface area contributed by atoms with Crippen LogP contribution in [0.1, 0.15) is 5.56 Å². The number of nitro groups is 1. The first-order valence-corrected chi connectivity index (χ1v) is 10.8. The monoisotopic (exact) mass is 469 g/mol. The molecule has 1 heterocycles. The molecule has 3 rings (SSSR count). The second-order valence-electron chi connectivity index (χ2n) is 6.88. The van der Waals surface area contributed by atoms with Crippen LogP contribution in [0.2, 0.25) is 0 Å². The Labute approximate surface area is 181 Å². The van der Waals surface area contributed by atoms with Gasteiger partial charge in [0, 0.05) is 38.3 Å². The fourth-order valence-corrected chi connectivity index (χ4v) is 4.85. The molecular formula is C20H18F3N3O5S. The normalized spacial score (nSPS) is 16.1. The Bertz CT molecular complexity index is 1140. The van der Waals surface area contributed by atoms with Gasteiger partial charge in [0.25, 0.3) is 5.69 Å². The van der Waals surface area contributed by atoms with Crippen molar-refractivity contribution in [3.63, 3.8) is 0 Å². The van der Waals surface area contributed by atoms with Crippen LogP contribution in [-0.4, -0.2) is 60.8 Å². The lowest BCUT2D eigenvalue weighted by atomic mass is 10.0. The molecule has 1 amide bonds. The van der Waals surface area contributed by atoms with Crippen LogP contribution < -0.4 is 0 Å². The number of para-hydroxylation sites is 1. The summed E-state index contributed by atoms with van der Waals surface area (Å²) >= 11 is 0. The minimum absolute atomic E-state index is 0.158. The number of benzene rings is 2. The van der Waals surface area contributed by atoms with Crippen LogP contribution in [0.4, 0.5) is 18.9 Å². The number of allylic oxidation sites excluding steroid dienone is 1. The Kier molecular flexibility index (Phi) is 6.65. The van der Waals surface area contributed by atoms with Crippen molar-refractivity contribution in [1.82, 2.24) is 9.21 Å². The summed E-state index contributed by atoms with van der Waals surface area (Å²) in [7, 11) is -4.22. The van der Waals surface area contributed by atoms with Gasteiger partial charge in [0.1, 0.15) is 0 Å². The van der Waals surface area contributed by atoms with Crippen molar-refractivity contribution in [2.24, 2.45) is 0 Å². The Balaban J connectivity index is 1.77. The summed E-state index contributed by atoms with van der Waals surface area (Å²) in [6.07, 6.45) is -4.25. The highest BCUT2D eigenvalue weighted by atomic mass is 32.2. The maximum absolute atomic E-state index is 13.5. The number of piperazine rings is 1. The van der Waals surface area contributed by atoms with Gasteiger partial charge in [0.05, 0.1) is 10.5 Å². The second kappa shape index (κ2) is 9.09. The van der Waals surface area contributed by atoms with E-state index in [-0.39, 0.29) is 31.7 Å². The van der Waals surface area contributed by atoms with Crippen molar-refractivity contribution >= 4 is 27.2 Å². The molecule has 0 atom stereocenters. The average Bonchev–Trinajstić information content (AvgIpc) is 2.77. The van der Waals surface area contributed by atoms with E-state index in [2.05, 4.69) is 0 Å². The molecule has 0 radical (unpaired) electrons. The van der Waals surface area contributed by atoms with Crippen molar-refractivity contribution in [3.05, 3.63) is 76.4 Å². The van der Waals surface area contributed by atoms with Gasteiger partial charge in [0.15, 0.2) is 4.90 Å². The zero-order valence-corrected chi connectivity index (χ0v) is 17.3. The molecule has 1 fully saturated rings. The van der Waals surface area contributed by atoms with E-state index in [1.165, 1.54) is 36.4 Å². The minimum Gasteiger partial charge on any atom is -0.337 e. The predicted octanol–water partition coefficient (Wildman–Crippen LogP) is 3.07. The number of hydrogen-bond acceptors (Lipinski definition) is 5. The van der Waals surface area contributed by atoms with Gasteiger partial charge in [0.2, 0.25) is 15.9 Å². The number of carbonyl (C=O) groups is 1. The summed E-state index contributed by atoms with van der Waals surface area (Å²) in [6, 6.07) is 11.8. The summed E-state index contributed by atoms with van der Waals surface area (Å²) in [6.45, 7) is -0.731. The topological polar surface area (TPSA) is 101 Å². The fraction of sp³-hybridized carbons (Fsp3) is 0.250. The van der Waals surface area contributed by atoms with Crippen molar-refractivity contribution in [2.45, 2.75) is 11.1 Å². The van der Waals surface area contributed by atoms with Gasteiger partial charge >= 0.3 is 6.18 Å². The number of carbonyl (C=O) groups excluding carboxylic acids is 1. The van der Waals surface area contributed by atoms with Crippen LogP contribution in [0.3, 0.4) is 0 Å². The highest BCUT2D eigenvalue weighted by Gasteiger charge is 2.37. The molecule has 1 aliphatic rings. The number of hydrogen-bond donors (Lipinski definition) is 0. The zero-order valence-electron chi connectivity index (χ0n) is 16.5. The molecule has 0 bridgehead atoms. The summed E-state index contributed by atoms with van der Waals surface area (Å²) < 4.78 is 67.0. The maximum atomic E-state index is 13.5. The zero-order chi connectivity index (χ0) is 23.5. The van der Waals surface area contributed by atoms with Crippen LogP contribution in [0.5, 0.6) is 0 Å². The first-order valence-electron chi connectivity index (χ1n) is 9.38. The maximum Gasteiger partial charge on any atom is 0.417 e. The smallest absolute Gasteiger partial charge is 0.337 e. The molecule has 0 aliphatic carbocycles. The SMILES string of the molecule is O=C(/C=C(/c1ccccc1)C(F)(F)F)N1CCN(S(=O)(=O)c2ccccc2[N+](=O)[O-])CC1. The third kappa shape index (κ3) is 4.97. The molecule has 12 heteroatoms. The summed E-state index contributed by atoms with van der Waals surface area (Å²) in [4.78, 5) is 23.5. The lowest BCUT2D eigenvalue weighted by molar-refractivity contribution is -0.387. The molecule has 1 saturated heterocycles. The van der Waals surface area contributed by atoms with Crippen LogP contribution in [-0.2, 0) is 14.8 Å². The van der Waals surface area contributed by atoms with E-state index in [1.807, 2.05) is 0 Å². The minimum atomic E-state index is -4.76. The third-order valence-electron chi connectivity index (χ3n) is 4.89. The molecule has 1 aliphatic heterocycles. The standard InChI is InChI=1S/C20H18F3N3O5S/c21-20(22,23)16(15-6-2-1-3-7-15)14-19(27)24-10-12-25(13-11-24)32(30,31)18-9-5-4-8-17(18)26(28)29/h1-9,14H,10-13H2/b16-14-. The summed E-state index contributed by atoms with van der Waals surface area (Å²) in [5.41, 5.74) is -1.84. The first-order chi connectivity index (χ1) is 15.0. The van der Waals surface area contributed by atoms with E-state index in [1.54, 1.807) is 6.07 Å². The summed E-state index contributed by atoms with van der Waals surface area (Å²) in [5.74, 6) is -0.899. The fourth-order valence-electron chi connectivity index (χ4n) is 3.28. The van der Waals surface area contributed by atoms with E-state index in [0.717, 1.165) is 21.3 Å². The molecule has 2 aromatic rings. The van der Waals surface area contributed by atoms with E-state index < -0.39 is 43.2 Å².